The fourth-order valence-electron chi connectivity index (χ4n) is 3.15. The molecule has 1 saturated carbocycles. The van der Waals surface area contributed by atoms with E-state index in [-0.39, 0.29) is 18.2 Å². The molecule has 1 aliphatic rings. The van der Waals surface area contributed by atoms with Crippen LogP contribution in [0, 0.1) is 0 Å². The molecule has 0 unspecified atom stereocenters. The quantitative estimate of drug-likeness (QED) is 0.808. The molecular formula is C19H24N2O3. The zero-order valence-electron chi connectivity index (χ0n) is 13.9. The van der Waals surface area contributed by atoms with Crippen molar-refractivity contribution in [3.8, 4) is 5.75 Å². The first kappa shape index (κ1) is 16.6. The van der Waals surface area contributed by atoms with Crippen LogP contribution in [0.2, 0.25) is 0 Å². The van der Waals surface area contributed by atoms with E-state index in [0.29, 0.717) is 6.54 Å². The van der Waals surface area contributed by atoms with E-state index in [1.807, 2.05) is 30.3 Å². The molecule has 0 atom stereocenters. The number of urea groups is 1. The van der Waals surface area contributed by atoms with E-state index in [1.165, 1.54) is 0 Å². The van der Waals surface area contributed by atoms with Crippen molar-refractivity contribution in [2.24, 2.45) is 0 Å². The van der Waals surface area contributed by atoms with Gasteiger partial charge < -0.3 is 20.5 Å². The number of amides is 2. The van der Waals surface area contributed by atoms with E-state index in [0.717, 1.165) is 47.8 Å². The SMILES string of the molecule is COc1ccc2cc(CNC(=O)NC3CCC(O)CC3)ccc2c1. The number of nitrogens with one attached hydrogen (secondary N) is 2. The molecule has 24 heavy (non-hydrogen) atoms. The van der Waals surface area contributed by atoms with Gasteiger partial charge in [0.2, 0.25) is 0 Å². The fraction of sp³-hybridized carbons (Fsp3) is 0.421. The third kappa shape index (κ3) is 4.17. The minimum absolute atomic E-state index is 0.147. The molecule has 0 radical (unpaired) electrons. The van der Waals surface area contributed by atoms with Crippen molar-refractivity contribution < 1.29 is 14.6 Å². The molecule has 3 N–H and O–H groups in total. The van der Waals surface area contributed by atoms with Crippen molar-refractivity contribution >= 4 is 16.8 Å². The number of carbonyl (C=O) groups is 1. The Morgan fingerprint density at radius 3 is 2.58 bits per heavy atom. The smallest absolute Gasteiger partial charge is 0.315 e. The fourth-order valence-corrected chi connectivity index (χ4v) is 3.15. The van der Waals surface area contributed by atoms with Crippen molar-refractivity contribution in [1.82, 2.24) is 10.6 Å². The first-order chi connectivity index (χ1) is 11.6. The summed E-state index contributed by atoms with van der Waals surface area (Å²) < 4.78 is 5.23. The highest BCUT2D eigenvalue weighted by molar-refractivity contribution is 5.84. The summed E-state index contributed by atoms with van der Waals surface area (Å²) in [5.41, 5.74) is 1.06. The predicted octanol–water partition coefficient (Wildman–Crippen LogP) is 2.95. The summed E-state index contributed by atoms with van der Waals surface area (Å²) in [6.45, 7) is 0.489. The molecule has 0 bridgehead atoms. The Hall–Kier alpha value is -2.27. The van der Waals surface area contributed by atoms with Gasteiger partial charge in [-0.3, -0.25) is 0 Å². The van der Waals surface area contributed by atoms with Gasteiger partial charge in [-0.15, -0.1) is 0 Å². The average molecular weight is 328 g/mol. The first-order valence-corrected chi connectivity index (χ1v) is 8.43. The lowest BCUT2D eigenvalue weighted by atomic mass is 9.93. The number of aliphatic hydroxyl groups is 1. The van der Waals surface area contributed by atoms with Crippen LogP contribution in [-0.2, 0) is 6.54 Å². The molecule has 2 aromatic carbocycles. The van der Waals surface area contributed by atoms with Crippen LogP contribution in [0.1, 0.15) is 31.2 Å². The summed E-state index contributed by atoms with van der Waals surface area (Å²) in [6, 6.07) is 12.1. The number of hydrogen-bond donors (Lipinski definition) is 3. The van der Waals surface area contributed by atoms with Crippen molar-refractivity contribution in [3.05, 3.63) is 42.0 Å². The number of rotatable bonds is 4. The number of benzene rings is 2. The van der Waals surface area contributed by atoms with Gasteiger partial charge in [0.1, 0.15) is 5.75 Å². The molecule has 1 fully saturated rings. The molecule has 3 rings (SSSR count). The summed E-state index contributed by atoms with van der Waals surface area (Å²) in [7, 11) is 1.66. The standard InChI is InChI=1S/C19H24N2O3/c1-24-18-9-4-14-10-13(2-3-15(14)11-18)12-20-19(23)21-16-5-7-17(22)8-6-16/h2-4,9-11,16-17,22H,5-8,12H2,1H3,(H2,20,21,23). The van der Waals surface area contributed by atoms with Crippen molar-refractivity contribution in [3.63, 3.8) is 0 Å². The highest BCUT2D eigenvalue weighted by Gasteiger charge is 2.20. The van der Waals surface area contributed by atoms with E-state index < -0.39 is 0 Å². The lowest BCUT2D eigenvalue weighted by Gasteiger charge is -2.26. The second kappa shape index (κ2) is 7.53. The largest absolute Gasteiger partial charge is 0.497 e. The minimum atomic E-state index is -0.206. The van der Waals surface area contributed by atoms with Crippen molar-refractivity contribution in [2.75, 3.05) is 7.11 Å². The van der Waals surface area contributed by atoms with Crippen LogP contribution >= 0.6 is 0 Å². The third-order valence-corrected chi connectivity index (χ3v) is 4.60. The summed E-state index contributed by atoms with van der Waals surface area (Å²) in [4.78, 5) is 12.0. The molecule has 0 aliphatic heterocycles. The molecule has 0 spiro atoms. The molecule has 1 aliphatic carbocycles. The zero-order chi connectivity index (χ0) is 16.9. The van der Waals surface area contributed by atoms with Gasteiger partial charge in [-0.25, -0.2) is 4.79 Å². The van der Waals surface area contributed by atoms with Crippen LogP contribution < -0.4 is 15.4 Å². The van der Waals surface area contributed by atoms with Gasteiger partial charge in [0.25, 0.3) is 0 Å². The number of methoxy groups -OCH3 is 1. The maximum atomic E-state index is 12.0. The zero-order valence-corrected chi connectivity index (χ0v) is 13.9. The molecule has 128 valence electrons. The molecule has 2 aromatic rings. The van der Waals surface area contributed by atoms with Gasteiger partial charge in [-0.1, -0.05) is 18.2 Å². The van der Waals surface area contributed by atoms with Crippen LogP contribution in [-0.4, -0.2) is 30.4 Å². The Kier molecular flexibility index (Phi) is 5.20. The maximum absolute atomic E-state index is 12.0. The van der Waals surface area contributed by atoms with Crippen LogP contribution in [0.4, 0.5) is 4.79 Å². The van der Waals surface area contributed by atoms with E-state index >= 15 is 0 Å². The Morgan fingerprint density at radius 2 is 1.83 bits per heavy atom. The first-order valence-electron chi connectivity index (χ1n) is 8.43. The highest BCUT2D eigenvalue weighted by atomic mass is 16.5. The lowest BCUT2D eigenvalue weighted by molar-refractivity contribution is 0.117. The number of aliphatic hydroxyl groups excluding tert-OH is 1. The number of fused-ring (bicyclic) bond motifs is 1. The number of ether oxygens (including phenoxy) is 1. The molecule has 5 heteroatoms. The van der Waals surface area contributed by atoms with E-state index in [1.54, 1.807) is 7.11 Å². The molecular weight excluding hydrogens is 304 g/mol. The Balaban J connectivity index is 1.54. The molecule has 0 aromatic heterocycles. The van der Waals surface area contributed by atoms with Gasteiger partial charge in [-0.05, 0) is 60.2 Å². The van der Waals surface area contributed by atoms with Gasteiger partial charge in [0.15, 0.2) is 0 Å². The Morgan fingerprint density at radius 1 is 1.12 bits per heavy atom. The van der Waals surface area contributed by atoms with Crippen LogP contribution in [0.3, 0.4) is 0 Å². The van der Waals surface area contributed by atoms with Crippen molar-refractivity contribution in [1.29, 1.82) is 0 Å². The lowest BCUT2D eigenvalue weighted by Crippen LogP contribution is -2.43. The van der Waals surface area contributed by atoms with Gasteiger partial charge in [-0.2, -0.15) is 0 Å². The van der Waals surface area contributed by atoms with Crippen LogP contribution in [0.25, 0.3) is 10.8 Å². The molecule has 0 heterocycles. The predicted molar refractivity (Wildman–Crippen MR) is 94.1 cm³/mol. The van der Waals surface area contributed by atoms with Crippen LogP contribution in [0.15, 0.2) is 36.4 Å². The van der Waals surface area contributed by atoms with Gasteiger partial charge in [0.05, 0.1) is 13.2 Å². The minimum Gasteiger partial charge on any atom is -0.497 e. The van der Waals surface area contributed by atoms with E-state index in [4.69, 9.17) is 4.74 Å². The second-order valence-electron chi connectivity index (χ2n) is 6.38. The second-order valence-corrected chi connectivity index (χ2v) is 6.38. The van der Waals surface area contributed by atoms with Gasteiger partial charge in [0, 0.05) is 12.6 Å². The average Bonchev–Trinajstić information content (AvgIpc) is 2.61. The normalized spacial score (nSPS) is 20.6. The maximum Gasteiger partial charge on any atom is 0.315 e. The monoisotopic (exact) mass is 328 g/mol. The molecule has 0 saturated heterocycles. The number of hydrogen-bond acceptors (Lipinski definition) is 3. The summed E-state index contributed by atoms with van der Waals surface area (Å²) in [5.74, 6) is 0.838. The highest BCUT2D eigenvalue weighted by Crippen LogP contribution is 2.22. The van der Waals surface area contributed by atoms with E-state index in [2.05, 4.69) is 16.7 Å². The van der Waals surface area contributed by atoms with Gasteiger partial charge >= 0.3 is 6.03 Å². The third-order valence-electron chi connectivity index (χ3n) is 4.60. The van der Waals surface area contributed by atoms with Crippen LogP contribution in [0.5, 0.6) is 5.75 Å². The molecule has 5 nitrogen and oxygen atoms in total. The Bertz CT molecular complexity index is 709. The summed E-state index contributed by atoms with van der Waals surface area (Å²) >= 11 is 0. The molecule has 2 amide bonds. The topological polar surface area (TPSA) is 70.6 Å². The number of carbonyl (C=O) groups excluding carboxylic acids is 1. The Labute approximate surface area is 142 Å². The summed E-state index contributed by atoms with van der Waals surface area (Å²) in [5, 5.41) is 17.6. The van der Waals surface area contributed by atoms with Crippen molar-refractivity contribution in [2.45, 2.75) is 44.4 Å². The summed E-state index contributed by atoms with van der Waals surface area (Å²) in [6.07, 6.45) is 3.00. The van der Waals surface area contributed by atoms with E-state index in [9.17, 15) is 9.90 Å².